The molecular formula is C15H11F6NO2. The van der Waals surface area contributed by atoms with E-state index in [4.69, 9.17) is 0 Å². The fourth-order valence-electron chi connectivity index (χ4n) is 1.86. The number of halogens is 6. The number of hydrogen-bond acceptors (Lipinski definition) is 3. The number of anilines is 1. The minimum atomic E-state index is -4.80. The van der Waals surface area contributed by atoms with Gasteiger partial charge in [-0.3, -0.25) is 0 Å². The highest BCUT2D eigenvalue weighted by atomic mass is 19.4. The van der Waals surface area contributed by atoms with E-state index in [2.05, 4.69) is 14.8 Å². The monoisotopic (exact) mass is 351 g/mol. The third-order valence-corrected chi connectivity index (χ3v) is 2.70. The van der Waals surface area contributed by atoms with Gasteiger partial charge in [-0.15, -0.1) is 26.3 Å². The average molecular weight is 351 g/mol. The average Bonchev–Trinajstić information content (AvgIpc) is 2.42. The van der Waals surface area contributed by atoms with Gasteiger partial charge in [-0.1, -0.05) is 18.2 Å². The standard InChI is InChI=1S/C15H11F6NO2/c16-14(17,18)23-12-5-1-3-10(7-12)9-22-11-4-2-6-13(8-11)24-15(19,20)21/h1-8,22H,9H2. The van der Waals surface area contributed by atoms with Crippen molar-refractivity contribution in [1.82, 2.24) is 0 Å². The second-order valence-corrected chi connectivity index (χ2v) is 4.62. The molecular weight excluding hydrogens is 340 g/mol. The Balaban J connectivity index is 2.01. The Hall–Kier alpha value is -2.58. The zero-order chi connectivity index (χ0) is 17.8. The molecule has 0 spiro atoms. The molecule has 0 fully saturated rings. The summed E-state index contributed by atoms with van der Waals surface area (Å²) in [6.45, 7) is 0.0878. The van der Waals surface area contributed by atoms with Crippen LogP contribution in [0.15, 0.2) is 48.5 Å². The molecule has 0 saturated carbocycles. The van der Waals surface area contributed by atoms with Gasteiger partial charge >= 0.3 is 12.7 Å². The minimum Gasteiger partial charge on any atom is -0.406 e. The predicted octanol–water partition coefficient (Wildman–Crippen LogP) is 5.10. The van der Waals surface area contributed by atoms with Crippen molar-refractivity contribution in [2.75, 3.05) is 5.32 Å². The van der Waals surface area contributed by atoms with Crippen LogP contribution in [-0.2, 0) is 6.54 Å². The summed E-state index contributed by atoms with van der Waals surface area (Å²) in [5.41, 5.74) is 0.776. The summed E-state index contributed by atoms with van der Waals surface area (Å²) in [6, 6.07) is 10.4. The first kappa shape index (κ1) is 17.8. The molecule has 0 radical (unpaired) electrons. The van der Waals surface area contributed by atoms with Crippen LogP contribution in [0.25, 0.3) is 0 Å². The second-order valence-electron chi connectivity index (χ2n) is 4.62. The van der Waals surface area contributed by atoms with E-state index in [0.29, 0.717) is 11.3 Å². The summed E-state index contributed by atoms with van der Waals surface area (Å²) in [7, 11) is 0. The van der Waals surface area contributed by atoms with Crippen LogP contribution in [0.2, 0.25) is 0 Å². The van der Waals surface area contributed by atoms with E-state index in [-0.39, 0.29) is 12.3 Å². The van der Waals surface area contributed by atoms with E-state index in [0.717, 1.165) is 18.2 Å². The van der Waals surface area contributed by atoms with E-state index in [1.807, 2.05) is 0 Å². The maximum absolute atomic E-state index is 12.2. The summed E-state index contributed by atoms with van der Waals surface area (Å²) < 4.78 is 80.5. The molecule has 2 rings (SSSR count). The molecule has 0 aliphatic heterocycles. The molecule has 1 N–H and O–H groups in total. The van der Waals surface area contributed by atoms with E-state index >= 15 is 0 Å². The van der Waals surface area contributed by atoms with Crippen molar-refractivity contribution in [3.05, 3.63) is 54.1 Å². The molecule has 0 heterocycles. The summed E-state index contributed by atoms with van der Waals surface area (Å²) in [5.74, 6) is -0.780. The first-order chi connectivity index (χ1) is 11.1. The molecule has 0 aliphatic rings. The van der Waals surface area contributed by atoms with Crippen molar-refractivity contribution >= 4 is 5.69 Å². The molecule has 0 atom stereocenters. The number of nitrogens with one attached hydrogen (secondary N) is 1. The summed E-state index contributed by atoms with van der Waals surface area (Å²) >= 11 is 0. The van der Waals surface area contributed by atoms with Crippen LogP contribution < -0.4 is 14.8 Å². The minimum absolute atomic E-state index is 0.0878. The molecule has 0 bridgehead atoms. The van der Waals surface area contributed by atoms with Crippen LogP contribution in [0.3, 0.4) is 0 Å². The van der Waals surface area contributed by atoms with Crippen molar-refractivity contribution in [1.29, 1.82) is 0 Å². The lowest BCUT2D eigenvalue weighted by Crippen LogP contribution is -2.17. The second kappa shape index (κ2) is 6.90. The maximum atomic E-state index is 12.2. The Labute approximate surface area is 132 Å². The van der Waals surface area contributed by atoms with Gasteiger partial charge in [0.15, 0.2) is 0 Å². The number of benzene rings is 2. The molecule has 3 nitrogen and oxygen atoms in total. The van der Waals surface area contributed by atoms with Crippen molar-refractivity contribution in [3.63, 3.8) is 0 Å². The van der Waals surface area contributed by atoms with Gasteiger partial charge in [-0.2, -0.15) is 0 Å². The lowest BCUT2D eigenvalue weighted by Gasteiger charge is -2.12. The predicted molar refractivity (Wildman–Crippen MR) is 73.6 cm³/mol. The summed E-state index contributed by atoms with van der Waals surface area (Å²) in [4.78, 5) is 0. The van der Waals surface area contributed by atoms with Gasteiger partial charge in [0.2, 0.25) is 0 Å². The van der Waals surface area contributed by atoms with Crippen LogP contribution in [0.4, 0.5) is 32.0 Å². The smallest absolute Gasteiger partial charge is 0.406 e. The third-order valence-electron chi connectivity index (χ3n) is 2.70. The highest BCUT2D eigenvalue weighted by Gasteiger charge is 2.31. The molecule has 130 valence electrons. The highest BCUT2D eigenvalue weighted by molar-refractivity contribution is 5.48. The Bertz CT molecular complexity index is 625. The topological polar surface area (TPSA) is 30.5 Å². The lowest BCUT2D eigenvalue weighted by atomic mass is 10.2. The van der Waals surface area contributed by atoms with Gasteiger partial charge in [0, 0.05) is 18.3 Å². The first-order valence-electron chi connectivity index (χ1n) is 6.55. The number of hydrogen-bond donors (Lipinski definition) is 1. The molecule has 2 aromatic carbocycles. The number of ether oxygens (including phenoxy) is 2. The van der Waals surface area contributed by atoms with Crippen molar-refractivity contribution < 1.29 is 35.8 Å². The van der Waals surface area contributed by atoms with E-state index < -0.39 is 18.5 Å². The normalized spacial score (nSPS) is 11.9. The molecule has 0 amide bonds. The molecule has 0 aliphatic carbocycles. The molecule has 9 heteroatoms. The largest absolute Gasteiger partial charge is 0.573 e. The maximum Gasteiger partial charge on any atom is 0.573 e. The first-order valence-corrected chi connectivity index (χ1v) is 6.55. The van der Waals surface area contributed by atoms with Gasteiger partial charge < -0.3 is 14.8 Å². The molecule has 2 aromatic rings. The molecule has 24 heavy (non-hydrogen) atoms. The van der Waals surface area contributed by atoms with Gasteiger partial charge in [-0.05, 0) is 29.8 Å². The Morgan fingerprint density at radius 2 is 1.29 bits per heavy atom. The van der Waals surface area contributed by atoms with Crippen molar-refractivity contribution in [2.24, 2.45) is 0 Å². The fraction of sp³-hybridized carbons (Fsp3) is 0.200. The van der Waals surface area contributed by atoms with Crippen LogP contribution in [-0.4, -0.2) is 12.7 Å². The highest BCUT2D eigenvalue weighted by Crippen LogP contribution is 2.26. The Morgan fingerprint density at radius 3 is 1.88 bits per heavy atom. The van der Waals surface area contributed by atoms with Crippen molar-refractivity contribution in [2.45, 2.75) is 19.3 Å². The Morgan fingerprint density at radius 1 is 0.750 bits per heavy atom. The van der Waals surface area contributed by atoms with E-state index in [1.165, 1.54) is 24.3 Å². The zero-order valence-electron chi connectivity index (χ0n) is 11.9. The Kier molecular flexibility index (Phi) is 5.10. The van der Waals surface area contributed by atoms with Gasteiger partial charge in [0.25, 0.3) is 0 Å². The molecule has 0 aromatic heterocycles. The van der Waals surface area contributed by atoms with E-state index in [1.54, 1.807) is 6.07 Å². The van der Waals surface area contributed by atoms with Crippen LogP contribution >= 0.6 is 0 Å². The third kappa shape index (κ3) is 6.27. The fourth-order valence-corrected chi connectivity index (χ4v) is 1.86. The number of rotatable bonds is 5. The summed E-state index contributed by atoms with van der Waals surface area (Å²) in [5, 5.41) is 2.79. The van der Waals surface area contributed by atoms with Crippen LogP contribution in [0, 0.1) is 0 Å². The van der Waals surface area contributed by atoms with Crippen LogP contribution in [0.5, 0.6) is 11.5 Å². The SMILES string of the molecule is FC(F)(F)Oc1cccc(CNc2cccc(OC(F)(F)F)c2)c1. The quantitative estimate of drug-likeness (QED) is 0.761. The molecule has 0 saturated heterocycles. The van der Waals surface area contributed by atoms with Gasteiger partial charge in [0.1, 0.15) is 11.5 Å². The molecule has 0 unspecified atom stereocenters. The lowest BCUT2D eigenvalue weighted by molar-refractivity contribution is -0.275. The summed E-state index contributed by atoms with van der Waals surface area (Å²) in [6.07, 6.45) is -9.60. The van der Waals surface area contributed by atoms with E-state index in [9.17, 15) is 26.3 Å². The van der Waals surface area contributed by atoms with Crippen molar-refractivity contribution in [3.8, 4) is 11.5 Å². The zero-order valence-corrected chi connectivity index (χ0v) is 11.9. The number of alkyl halides is 6. The van der Waals surface area contributed by atoms with Gasteiger partial charge in [0.05, 0.1) is 0 Å². The van der Waals surface area contributed by atoms with Crippen LogP contribution in [0.1, 0.15) is 5.56 Å². The van der Waals surface area contributed by atoms with Gasteiger partial charge in [-0.25, -0.2) is 0 Å².